The number of hydrogen-bond acceptors (Lipinski definition) is 4. The van der Waals surface area contributed by atoms with Gasteiger partial charge in [-0.2, -0.15) is 0 Å². The van der Waals surface area contributed by atoms with Crippen LogP contribution in [0.1, 0.15) is 13.3 Å². The fourth-order valence-corrected chi connectivity index (χ4v) is 3.41. The van der Waals surface area contributed by atoms with Gasteiger partial charge in [-0.1, -0.05) is 0 Å². The highest BCUT2D eigenvalue weighted by molar-refractivity contribution is 8.00. The molecule has 2 unspecified atom stereocenters. The van der Waals surface area contributed by atoms with Crippen LogP contribution in [0.2, 0.25) is 0 Å². The van der Waals surface area contributed by atoms with Crippen LogP contribution in [-0.4, -0.2) is 41.0 Å². The van der Waals surface area contributed by atoms with Gasteiger partial charge in [0.2, 0.25) is 0 Å². The monoisotopic (exact) mass is 217 g/mol. The third-order valence-electron chi connectivity index (χ3n) is 3.02. The molecule has 0 spiro atoms. The van der Waals surface area contributed by atoms with Crippen molar-refractivity contribution < 1.29 is 14.6 Å². The van der Waals surface area contributed by atoms with Crippen LogP contribution in [0.15, 0.2) is 0 Å². The highest BCUT2D eigenvalue weighted by Crippen LogP contribution is 2.40. The molecule has 5 heteroatoms. The maximum Gasteiger partial charge on any atom is 0.321 e. The summed E-state index contributed by atoms with van der Waals surface area (Å²) in [5.41, 5.74) is 0. The lowest BCUT2D eigenvalue weighted by molar-refractivity contribution is -0.139. The van der Waals surface area contributed by atoms with E-state index in [2.05, 4.69) is 12.2 Å². The molecule has 0 saturated carbocycles. The van der Waals surface area contributed by atoms with E-state index in [4.69, 9.17) is 9.84 Å². The molecule has 0 radical (unpaired) electrons. The fraction of sp³-hybridized carbons (Fsp3) is 0.889. The standard InChI is InChI=1S/C9H15NO3S/c1-9(6-2-3-13-4-6)10-7(5-14-9)8(11)12/h6-7,10H,2-5H2,1H3,(H,11,12)/t6?,7-,9?/m0/s1. The molecule has 0 bridgehead atoms. The topological polar surface area (TPSA) is 58.6 Å². The second-order valence-corrected chi connectivity index (χ2v) is 5.48. The predicted octanol–water partition coefficient (Wildman–Crippen LogP) is 0.529. The molecular formula is C9H15NO3S. The Morgan fingerprint density at radius 3 is 3.00 bits per heavy atom. The molecule has 3 atom stereocenters. The minimum Gasteiger partial charge on any atom is -0.480 e. The van der Waals surface area contributed by atoms with Crippen LogP contribution in [0.25, 0.3) is 0 Å². The molecule has 14 heavy (non-hydrogen) atoms. The first-order valence-electron chi connectivity index (χ1n) is 4.84. The molecule has 0 aliphatic carbocycles. The predicted molar refractivity (Wildman–Crippen MR) is 54.3 cm³/mol. The molecular weight excluding hydrogens is 202 g/mol. The summed E-state index contributed by atoms with van der Waals surface area (Å²) in [6.07, 6.45) is 1.03. The third-order valence-corrected chi connectivity index (χ3v) is 4.57. The number of thioether (sulfide) groups is 1. The van der Waals surface area contributed by atoms with Crippen LogP contribution < -0.4 is 5.32 Å². The van der Waals surface area contributed by atoms with E-state index in [1.165, 1.54) is 0 Å². The second-order valence-electron chi connectivity index (χ2n) is 4.01. The van der Waals surface area contributed by atoms with Crippen molar-refractivity contribution in [1.29, 1.82) is 0 Å². The summed E-state index contributed by atoms with van der Waals surface area (Å²) in [4.78, 5) is 10.7. The number of nitrogens with one attached hydrogen (secondary N) is 1. The van der Waals surface area contributed by atoms with Crippen molar-refractivity contribution in [3.8, 4) is 0 Å². The highest BCUT2D eigenvalue weighted by Gasteiger charge is 2.45. The third kappa shape index (κ3) is 1.76. The summed E-state index contributed by atoms with van der Waals surface area (Å²) in [5.74, 6) is 0.347. The van der Waals surface area contributed by atoms with Crippen LogP contribution in [-0.2, 0) is 9.53 Å². The van der Waals surface area contributed by atoms with E-state index in [9.17, 15) is 4.79 Å². The number of ether oxygens (including phenoxy) is 1. The van der Waals surface area contributed by atoms with E-state index >= 15 is 0 Å². The minimum absolute atomic E-state index is 0.112. The van der Waals surface area contributed by atoms with Gasteiger partial charge in [0.05, 0.1) is 11.5 Å². The molecule has 4 nitrogen and oxygen atoms in total. The number of carbonyl (C=O) groups is 1. The van der Waals surface area contributed by atoms with Crippen molar-refractivity contribution >= 4 is 17.7 Å². The van der Waals surface area contributed by atoms with Crippen molar-refractivity contribution in [3.63, 3.8) is 0 Å². The lowest BCUT2D eigenvalue weighted by atomic mass is 9.99. The van der Waals surface area contributed by atoms with E-state index in [1.54, 1.807) is 11.8 Å². The summed E-state index contributed by atoms with van der Waals surface area (Å²) in [6.45, 7) is 3.64. The summed E-state index contributed by atoms with van der Waals surface area (Å²) in [6, 6.07) is -0.398. The van der Waals surface area contributed by atoms with Crippen LogP contribution in [0, 0.1) is 5.92 Å². The molecule has 2 saturated heterocycles. The summed E-state index contributed by atoms with van der Waals surface area (Å²) < 4.78 is 5.33. The summed E-state index contributed by atoms with van der Waals surface area (Å²) in [5, 5.41) is 12.1. The van der Waals surface area contributed by atoms with Crippen LogP contribution in [0.5, 0.6) is 0 Å². The first-order valence-corrected chi connectivity index (χ1v) is 5.82. The van der Waals surface area contributed by atoms with Crippen molar-refractivity contribution in [2.24, 2.45) is 5.92 Å². The molecule has 0 amide bonds. The Balaban J connectivity index is 2.00. The molecule has 0 aromatic rings. The Morgan fingerprint density at radius 1 is 1.71 bits per heavy atom. The molecule has 0 aromatic heterocycles. The number of carboxylic acids is 1. The van der Waals surface area contributed by atoms with Gasteiger partial charge in [-0.15, -0.1) is 11.8 Å². The minimum atomic E-state index is -0.750. The number of hydrogen-bond donors (Lipinski definition) is 2. The quantitative estimate of drug-likeness (QED) is 0.706. The van der Waals surface area contributed by atoms with Gasteiger partial charge in [-0.25, -0.2) is 0 Å². The Hall–Kier alpha value is -0.260. The van der Waals surface area contributed by atoms with E-state index in [1.807, 2.05) is 0 Å². The lowest BCUT2D eigenvalue weighted by Crippen LogP contribution is -2.48. The average molecular weight is 217 g/mol. The molecule has 0 aromatic carbocycles. The van der Waals surface area contributed by atoms with Gasteiger partial charge < -0.3 is 9.84 Å². The molecule has 2 aliphatic rings. The maximum atomic E-state index is 10.8. The normalized spacial score (nSPS) is 42.9. The van der Waals surface area contributed by atoms with Crippen LogP contribution in [0.3, 0.4) is 0 Å². The van der Waals surface area contributed by atoms with Crippen molar-refractivity contribution in [2.45, 2.75) is 24.3 Å². The van der Waals surface area contributed by atoms with Crippen molar-refractivity contribution in [2.75, 3.05) is 19.0 Å². The average Bonchev–Trinajstić information content (AvgIpc) is 2.71. The van der Waals surface area contributed by atoms with Gasteiger partial charge in [0.15, 0.2) is 0 Å². The zero-order valence-electron chi connectivity index (χ0n) is 8.16. The zero-order valence-corrected chi connectivity index (χ0v) is 8.97. The number of carboxylic acid groups (broad SMARTS) is 1. The molecule has 2 rings (SSSR count). The van der Waals surface area contributed by atoms with Crippen molar-refractivity contribution in [1.82, 2.24) is 5.32 Å². The highest BCUT2D eigenvalue weighted by atomic mass is 32.2. The first kappa shape index (κ1) is 10.3. The Morgan fingerprint density at radius 2 is 2.50 bits per heavy atom. The van der Waals surface area contributed by atoms with Crippen LogP contribution in [0.4, 0.5) is 0 Å². The SMILES string of the molecule is CC1(C2CCOC2)N[C@H](C(=O)O)CS1. The van der Waals surface area contributed by atoms with Gasteiger partial charge in [-0.05, 0) is 13.3 Å². The first-order chi connectivity index (χ1) is 6.62. The smallest absolute Gasteiger partial charge is 0.321 e. The van der Waals surface area contributed by atoms with E-state index in [0.717, 1.165) is 19.6 Å². The Kier molecular flexibility index (Phi) is 2.72. The fourth-order valence-electron chi connectivity index (χ4n) is 2.02. The lowest BCUT2D eigenvalue weighted by Gasteiger charge is -2.29. The Bertz CT molecular complexity index is 242. The summed E-state index contributed by atoms with van der Waals surface area (Å²) >= 11 is 1.71. The number of rotatable bonds is 2. The molecule has 80 valence electrons. The zero-order chi connectivity index (χ0) is 10.2. The van der Waals surface area contributed by atoms with Gasteiger partial charge in [0.25, 0.3) is 0 Å². The molecule has 2 N–H and O–H groups in total. The maximum absolute atomic E-state index is 10.8. The Labute approximate surface area is 87.4 Å². The summed E-state index contributed by atoms with van der Waals surface area (Å²) in [7, 11) is 0. The van der Waals surface area contributed by atoms with Gasteiger partial charge >= 0.3 is 5.97 Å². The molecule has 2 fully saturated rings. The second kappa shape index (κ2) is 3.72. The van der Waals surface area contributed by atoms with E-state index in [0.29, 0.717) is 11.7 Å². The number of aliphatic carboxylic acids is 1. The van der Waals surface area contributed by atoms with E-state index in [-0.39, 0.29) is 4.87 Å². The van der Waals surface area contributed by atoms with Crippen LogP contribution >= 0.6 is 11.8 Å². The largest absolute Gasteiger partial charge is 0.480 e. The molecule has 2 heterocycles. The van der Waals surface area contributed by atoms with Gasteiger partial charge in [0.1, 0.15) is 6.04 Å². The van der Waals surface area contributed by atoms with Gasteiger partial charge in [0, 0.05) is 18.3 Å². The van der Waals surface area contributed by atoms with Crippen molar-refractivity contribution in [3.05, 3.63) is 0 Å². The molecule has 2 aliphatic heterocycles. The van der Waals surface area contributed by atoms with E-state index < -0.39 is 12.0 Å². The van der Waals surface area contributed by atoms with Gasteiger partial charge in [-0.3, -0.25) is 10.1 Å².